The molecule has 0 saturated heterocycles. The van der Waals surface area contributed by atoms with E-state index in [0.29, 0.717) is 22.1 Å². The Morgan fingerprint density at radius 2 is 1.85 bits per heavy atom. The molecule has 5 rings (SSSR count). The van der Waals surface area contributed by atoms with Crippen LogP contribution in [-0.4, -0.2) is 27.8 Å². The molecule has 8 heteroatoms. The van der Waals surface area contributed by atoms with Gasteiger partial charge in [-0.1, -0.05) is 65.4 Å². The first kappa shape index (κ1) is 22.1. The Balaban J connectivity index is 1.44. The summed E-state index contributed by atoms with van der Waals surface area (Å²) in [6.45, 7) is 1.98. The maximum Gasteiger partial charge on any atom is 0.253 e. The summed E-state index contributed by atoms with van der Waals surface area (Å²) in [5.41, 5.74) is 4.11. The number of halogens is 1. The summed E-state index contributed by atoms with van der Waals surface area (Å²) in [4.78, 5) is 34.2. The van der Waals surface area contributed by atoms with E-state index in [1.165, 1.54) is 11.3 Å². The fraction of sp³-hybridized carbons (Fsp3) is 0.115. The van der Waals surface area contributed by atoms with Gasteiger partial charge in [-0.15, -0.1) is 0 Å². The molecule has 0 unspecified atom stereocenters. The van der Waals surface area contributed by atoms with E-state index in [-0.39, 0.29) is 5.91 Å². The predicted molar refractivity (Wildman–Crippen MR) is 138 cm³/mol. The van der Waals surface area contributed by atoms with Crippen molar-refractivity contribution in [3.8, 4) is 0 Å². The van der Waals surface area contributed by atoms with Crippen molar-refractivity contribution < 1.29 is 9.59 Å². The summed E-state index contributed by atoms with van der Waals surface area (Å²) in [6, 6.07) is 19.7. The van der Waals surface area contributed by atoms with Crippen LogP contribution in [0.1, 0.15) is 21.5 Å². The Hall–Kier alpha value is -3.68. The largest absolute Gasteiger partial charge is 0.361 e. The summed E-state index contributed by atoms with van der Waals surface area (Å²) in [7, 11) is 0. The highest BCUT2D eigenvalue weighted by Crippen LogP contribution is 2.28. The zero-order valence-corrected chi connectivity index (χ0v) is 19.8. The van der Waals surface area contributed by atoms with E-state index >= 15 is 0 Å². The van der Waals surface area contributed by atoms with Crippen LogP contribution in [0.3, 0.4) is 0 Å². The fourth-order valence-corrected chi connectivity index (χ4v) is 5.11. The molecular weight excluding hydrogens is 468 g/mol. The molecule has 0 saturated carbocycles. The lowest BCUT2D eigenvalue weighted by molar-refractivity contribution is -0.118. The van der Waals surface area contributed by atoms with Crippen LogP contribution in [-0.2, 0) is 11.2 Å². The van der Waals surface area contributed by atoms with Gasteiger partial charge in [0.25, 0.3) is 5.91 Å². The van der Waals surface area contributed by atoms with E-state index in [1.54, 1.807) is 24.3 Å². The highest BCUT2D eigenvalue weighted by atomic mass is 35.5. The molecule has 0 fully saturated rings. The monoisotopic (exact) mass is 488 g/mol. The van der Waals surface area contributed by atoms with Gasteiger partial charge < -0.3 is 15.6 Å². The zero-order valence-electron chi connectivity index (χ0n) is 18.3. The third kappa shape index (κ3) is 4.40. The van der Waals surface area contributed by atoms with Gasteiger partial charge in [0, 0.05) is 23.5 Å². The van der Waals surface area contributed by atoms with Gasteiger partial charge in [-0.3, -0.25) is 9.59 Å². The van der Waals surface area contributed by atoms with E-state index in [4.69, 9.17) is 11.6 Å². The van der Waals surface area contributed by atoms with Crippen molar-refractivity contribution in [3.05, 3.63) is 94.6 Å². The van der Waals surface area contributed by atoms with E-state index in [0.717, 1.165) is 32.2 Å². The Morgan fingerprint density at radius 3 is 2.68 bits per heavy atom. The Morgan fingerprint density at radius 1 is 1.06 bits per heavy atom. The van der Waals surface area contributed by atoms with E-state index in [1.807, 2.05) is 55.6 Å². The van der Waals surface area contributed by atoms with Crippen molar-refractivity contribution in [3.63, 3.8) is 0 Å². The van der Waals surface area contributed by atoms with Crippen LogP contribution in [0.15, 0.2) is 72.9 Å². The van der Waals surface area contributed by atoms with Crippen molar-refractivity contribution >= 4 is 61.0 Å². The number of thiazole rings is 1. The number of hydrogen-bond acceptors (Lipinski definition) is 4. The second kappa shape index (κ2) is 9.29. The first-order valence-electron chi connectivity index (χ1n) is 10.8. The number of nitrogens with one attached hydrogen (secondary N) is 3. The third-order valence-electron chi connectivity index (χ3n) is 5.69. The fourth-order valence-electron chi connectivity index (χ4n) is 3.94. The average Bonchev–Trinajstić information content (AvgIpc) is 3.43. The van der Waals surface area contributed by atoms with Crippen LogP contribution in [0.2, 0.25) is 5.02 Å². The summed E-state index contributed by atoms with van der Waals surface area (Å²) >= 11 is 7.62. The van der Waals surface area contributed by atoms with Gasteiger partial charge in [0.15, 0.2) is 5.13 Å². The number of nitrogens with zero attached hydrogens (tertiary/aromatic N) is 1. The number of carbonyl (C=O) groups is 2. The van der Waals surface area contributed by atoms with Crippen LogP contribution >= 0.6 is 22.9 Å². The number of H-pyrrole nitrogens is 1. The van der Waals surface area contributed by atoms with Crippen molar-refractivity contribution in [1.29, 1.82) is 0 Å². The highest BCUT2D eigenvalue weighted by Gasteiger charge is 2.25. The topological polar surface area (TPSA) is 86.9 Å². The number of hydrogen-bond donors (Lipinski definition) is 3. The van der Waals surface area contributed by atoms with Gasteiger partial charge >= 0.3 is 0 Å². The number of aryl methyl sites for hydroxylation is 1. The van der Waals surface area contributed by atoms with Gasteiger partial charge in [-0.25, -0.2) is 4.98 Å². The van der Waals surface area contributed by atoms with Crippen molar-refractivity contribution in [2.75, 3.05) is 5.32 Å². The summed E-state index contributed by atoms with van der Waals surface area (Å²) in [5, 5.41) is 7.59. The number of rotatable bonds is 6. The van der Waals surface area contributed by atoms with Crippen molar-refractivity contribution in [1.82, 2.24) is 15.3 Å². The maximum atomic E-state index is 13.4. The minimum atomic E-state index is -0.837. The molecule has 1 atom stereocenters. The maximum absolute atomic E-state index is 13.4. The SMILES string of the molecule is Cc1cccc2sc(NC(=O)[C@H](Cc3c[nH]c4ccccc34)NC(=O)c3ccccc3Cl)nc12. The number of carbonyl (C=O) groups excluding carboxylic acids is 2. The number of fused-ring (bicyclic) bond motifs is 2. The molecule has 6 nitrogen and oxygen atoms in total. The Kier molecular flexibility index (Phi) is 6.04. The van der Waals surface area contributed by atoms with E-state index in [2.05, 4.69) is 20.6 Å². The van der Waals surface area contributed by atoms with Gasteiger partial charge in [0.05, 0.1) is 20.8 Å². The predicted octanol–water partition coefficient (Wildman–Crippen LogP) is 5.72. The molecule has 5 aromatic rings. The summed E-state index contributed by atoms with van der Waals surface area (Å²) in [6.07, 6.45) is 2.17. The van der Waals surface area contributed by atoms with E-state index < -0.39 is 11.9 Å². The van der Waals surface area contributed by atoms with Gasteiger partial charge in [-0.05, 0) is 42.3 Å². The average molecular weight is 489 g/mol. The number of aromatic amines is 1. The van der Waals surface area contributed by atoms with Gasteiger partial charge in [0.2, 0.25) is 5.91 Å². The molecule has 3 aromatic carbocycles. The number of anilines is 1. The van der Waals surface area contributed by atoms with Gasteiger partial charge in [0.1, 0.15) is 6.04 Å². The number of para-hydroxylation sites is 2. The molecule has 34 heavy (non-hydrogen) atoms. The van der Waals surface area contributed by atoms with Crippen LogP contribution in [0, 0.1) is 6.92 Å². The second-order valence-corrected chi connectivity index (χ2v) is 9.44. The lowest BCUT2D eigenvalue weighted by atomic mass is 10.0. The molecule has 0 aliphatic rings. The summed E-state index contributed by atoms with van der Waals surface area (Å²) < 4.78 is 0.989. The molecule has 2 amide bonds. The lowest BCUT2D eigenvalue weighted by Gasteiger charge is -2.18. The van der Waals surface area contributed by atoms with Crippen molar-refractivity contribution in [2.24, 2.45) is 0 Å². The third-order valence-corrected chi connectivity index (χ3v) is 6.96. The molecular formula is C26H21ClN4O2S. The second-order valence-electron chi connectivity index (χ2n) is 8.00. The smallest absolute Gasteiger partial charge is 0.253 e. The minimum absolute atomic E-state index is 0.302. The molecule has 0 spiro atoms. The van der Waals surface area contributed by atoms with Crippen LogP contribution in [0.4, 0.5) is 5.13 Å². The Labute approximate surface area is 205 Å². The normalized spacial score (nSPS) is 12.1. The van der Waals surface area contributed by atoms with Crippen LogP contribution in [0.5, 0.6) is 0 Å². The van der Waals surface area contributed by atoms with Crippen LogP contribution < -0.4 is 10.6 Å². The quantitative estimate of drug-likeness (QED) is 0.285. The first-order chi connectivity index (χ1) is 16.5. The van der Waals surface area contributed by atoms with Crippen LogP contribution in [0.25, 0.3) is 21.1 Å². The molecule has 0 bridgehead atoms. The standard InChI is InChI=1S/C26H21ClN4O2S/c1-15-7-6-12-22-23(15)30-26(34-22)31-25(33)21(29-24(32)18-9-2-4-10-19(18)27)13-16-14-28-20-11-5-3-8-17(16)20/h2-12,14,21,28H,13H2,1H3,(H,29,32)(H,30,31,33)/t21-/m0/s1. The minimum Gasteiger partial charge on any atom is -0.361 e. The molecule has 0 aliphatic heterocycles. The molecule has 2 heterocycles. The summed E-state index contributed by atoms with van der Waals surface area (Å²) in [5.74, 6) is -0.756. The van der Waals surface area contributed by atoms with Gasteiger partial charge in [-0.2, -0.15) is 0 Å². The van der Waals surface area contributed by atoms with Crippen molar-refractivity contribution in [2.45, 2.75) is 19.4 Å². The molecule has 170 valence electrons. The highest BCUT2D eigenvalue weighted by molar-refractivity contribution is 7.22. The lowest BCUT2D eigenvalue weighted by Crippen LogP contribution is -2.45. The van der Waals surface area contributed by atoms with E-state index in [9.17, 15) is 9.59 Å². The number of benzene rings is 3. The zero-order chi connectivity index (χ0) is 23.7. The first-order valence-corrected chi connectivity index (χ1v) is 12.0. The molecule has 0 aliphatic carbocycles. The molecule has 0 radical (unpaired) electrons. The molecule has 2 aromatic heterocycles. The molecule has 3 N–H and O–H groups in total. The number of aromatic nitrogens is 2. The number of amides is 2. The Bertz CT molecular complexity index is 1520.